The van der Waals surface area contributed by atoms with Crippen LogP contribution in [0.5, 0.6) is 0 Å². The Kier molecular flexibility index (Phi) is 3.51. The first-order valence-corrected chi connectivity index (χ1v) is 7.45. The Hall–Kier alpha value is -1.77. The summed E-state index contributed by atoms with van der Waals surface area (Å²) < 4.78 is 2.06. The highest BCUT2D eigenvalue weighted by Gasteiger charge is 2.25. The van der Waals surface area contributed by atoms with E-state index in [9.17, 15) is 4.79 Å². The summed E-state index contributed by atoms with van der Waals surface area (Å²) in [4.78, 5) is 14.5. The summed E-state index contributed by atoms with van der Waals surface area (Å²) >= 11 is 0. The minimum atomic E-state index is 0.241. The summed E-state index contributed by atoms with van der Waals surface area (Å²) in [7, 11) is 0. The molecule has 0 N–H and O–H groups in total. The number of likely N-dealkylation sites (tertiary alicyclic amines) is 1. The van der Waals surface area contributed by atoms with Crippen LogP contribution in [0, 0.1) is 11.8 Å². The van der Waals surface area contributed by atoms with E-state index in [2.05, 4.69) is 36.6 Å². The third-order valence-corrected chi connectivity index (χ3v) is 4.21. The lowest BCUT2D eigenvalue weighted by Gasteiger charge is -2.35. The number of rotatable bonds is 2. The normalized spacial score (nSPS) is 23.2. The van der Waals surface area contributed by atoms with Crippen LogP contribution >= 0.6 is 0 Å². The van der Waals surface area contributed by atoms with Crippen molar-refractivity contribution in [3.05, 3.63) is 36.5 Å². The number of para-hydroxylation sites is 1. The number of nitrogens with zero attached hydrogens (tertiary/aromatic N) is 2. The molecule has 1 aliphatic heterocycles. The van der Waals surface area contributed by atoms with Crippen LogP contribution in [0.1, 0.15) is 20.3 Å². The molecule has 1 aliphatic rings. The number of benzene rings is 1. The maximum absolute atomic E-state index is 12.5. The van der Waals surface area contributed by atoms with E-state index in [-0.39, 0.29) is 5.91 Å². The number of aromatic nitrogens is 1. The van der Waals surface area contributed by atoms with Gasteiger partial charge in [-0.3, -0.25) is 4.79 Å². The van der Waals surface area contributed by atoms with Gasteiger partial charge in [-0.1, -0.05) is 32.0 Å². The molecule has 1 amide bonds. The van der Waals surface area contributed by atoms with Crippen molar-refractivity contribution in [2.45, 2.75) is 26.8 Å². The molecule has 0 spiro atoms. The third kappa shape index (κ3) is 2.58. The van der Waals surface area contributed by atoms with Gasteiger partial charge in [0.25, 0.3) is 0 Å². The molecular weight excluding hydrogens is 248 g/mol. The average molecular weight is 270 g/mol. The quantitative estimate of drug-likeness (QED) is 0.823. The van der Waals surface area contributed by atoms with Crippen LogP contribution in [0.25, 0.3) is 10.9 Å². The van der Waals surface area contributed by atoms with Gasteiger partial charge in [0.15, 0.2) is 0 Å². The van der Waals surface area contributed by atoms with Gasteiger partial charge in [-0.2, -0.15) is 0 Å². The van der Waals surface area contributed by atoms with Gasteiger partial charge in [0.2, 0.25) is 5.91 Å². The Morgan fingerprint density at radius 2 is 1.85 bits per heavy atom. The van der Waals surface area contributed by atoms with Gasteiger partial charge in [-0.15, -0.1) is 0 Å². The lowest BCUT2D eigenvalue weighted by molar-refractivity contribution is -0.134. The fourth-order valence-corrected chi connectivity index (χ4v) is 3.39. The summed E-state index contributed by atoms with van der Waals surface area (Å²) in [6.45, 7) is 6.74. The smallest absolute Gasteiger partial charge is 0.242 e. The standard InChI is InChI=1S/C17H22N2O/c1-13-9-14(2)11-19(10-13)17(20)12-18-8-7-15-5-3-4-6-16(15)18/h3-8,13-14H,9-12H2,1-2H3. The number of hydrogen-bond acceptors (Lipinski definition) is 1. The van der Waals surface area contributed by atoms with E-state index >= 15 is 0 Å². The largest absolute Gasteiger partial charge is 0.341 e. The number of fused-ring (bicyclic) bond motifs is 1. The molecule has 20 heavy (non-hydrogen) atoms. The lowest BCUT2D eigenvalue weighted by Crippen LogP contribution is -2.43. The van der Waals surface area contributed by atoms with Crippen LogP contribution in [0.15, 0.2) is 36.5 Å². The van der Waals surface area contributed by atoms with Crippen molar-refractivity contribution < 1.29 is 4.79 Å². The van der Waals surface area contributed by atoms with Crippen molar-refractivity contribution in [2.75, 3.05) is 13.1 Å². The number of carbonyl (C=O) groups excluding carboxylic acids is 1. The molecule has 2 atom stereocenters. The Morgan fingerprint density at radius 3 is 2.60 bits per heavy atom. The molecule has 1 fully saturated rings. The van der Waals surface area contributed by atoms with E-state index < -0.39 is 0 Å². The van der Waals surface area contributed by atoms with Crippen molar-refractivity contribution in [3.8, 4) is 0 Å². The lowest BCUT2D eigenvalue weighted by atomic mass is 9.92. The highest BCUT2D eigenvalue weighted by atomic mass is 16.2. The fourth-order valence-electron chi connectivity index (χ4n) is 3.39. The Morgan fingerprint density at radius 1 is 1.15 bits per heavy atom. The van der Waals surface area contributed by atoms with Crippen LogP contribution in [0.2, 0.25) is 0 Å². The first-order chi connectivity index (χ1) is 9.63. The second kappa shape index (κ2) is 5.31. The highest BCUT2D eigenvalue weighted by Crippen LogP contribution is 2.22. The molecule has 2 heterocycles. The zero-order valence-electron chi connectivity index (χ0n) is 12.2. The van der Waals surface area contributed by atoms with Crippen molar-refractivity contribution in [3.63, 3.8) is 0 Å². The van der Waals surface area contributed by atoms with Crippen LogP contribution in [-0.2, 0) is 11.3 Å². The third-order valence-electron chi connectivity index (χ3n) is 4.21. The topological polar surface area (TPSA) is 25.2 Å². The van der Waals surface area contributed by atoms with Crippen LogP contribution in [0.3, 0.4) is 0 Å². The number of amides is 1. The molecule has 2 aromatic rings. The van der Waals surface area contributed by atoms with E-state index in [0.717, 1.165) is 18.6 Å². The second-order valence-electron chi connectivity index (χ2n) is 6.25. The van der Waals surface area contributed by atoms with Gasteiger partial charge >= 0.3 is 0 Å². The van der Waals surface area contributed by atoms with Gasteiger partial charge in [-0.05, 0) is 35.8 Å². The van der Waals surface area contributed by atoms with Crippen molar-refractivity contribution >= 4 is 16.8 Å². The van der Waals surface area contributed by atoms with E-state index in [0.29, 0.717) is 18.4 Å². The molecule has 3 rings (SSSR count). The molecule has 1 aromatic carbocycles. The van der Waals surface area contributed by atoms with E-state index in [1.807, 2.05) is 23.2 Å². The zero-order chi connectivity index (χ0) is 14.1. The summed E-state index contributed by atoms with van der Waals surface area (Å²) in [6.07, 6.45) is 3.25. The molecule has 106 valence electrons. The Balaban J connectivity index is 1.75. The van der Waals surface area contributed by atoms with Crippen molar-refractivity contribution in [1.29, 1.82) is 0 Å². The molecule has 3 heteroatoms. The maximum Gasteiger partial charge on any atom is 0.242 e. The Labute approximate surface area is 120 Å². The maximum atomic E-state index is 12.5. The molecule has 0 bridgehead atoms. The zero-order valence-corrected chi connectivity index (χ0v) is 12.2. The van der Waals surface area contributed by atoms with E-state index in [1.165, 1.54) is 11.8 Å². The molecule has 0 saturated carbocycles. The van der Waals surface area contributed by atoms with E-state index in [1.54, 1.807) is 0 Å². The molecule has 1 saturated heterocycles. The average Bonchev–Trinajstić information content (AvgIpc) is 2.81. The summed E-state index contributed by atoms with van der Waals surface area (Å²) in [5.74, 6) is 1.47. The number of piperidine rings is 1. The fraction of sp³-hybridized carbons (Fsp3) is 0.471. The first-order valence-electron chi connectivity index (χ1n) is 7.45. The minimum Gasteiger partial charge on any atom is -0.341 e. The summed E-state index contributed by atoms with van der Waals surface area (Å²) in [5, 5.41) is 1.20. The van der Waals surface area contributed by atoms with Crippen LogP contribution < -0.4 is 0 Å². The molecule has 1 aromatic heterocycles. The summed E-state index contributed by atoms with van der Waals surface area (Å²) in [5.41, 5.74) is 1.14. The molecule has 0 radical (unpaired) electrons. The molecular formula is C17H22N2O. The number of hydrogen-bond donors (Lipinski definition) is 0. The van der Waals surface area contributed by atoms with Gasteiger partial charge in [0, 0.05) is 24.8 Å². The first kappa shape index (κ1) is 13.2. The molecule has 3 nitrogen and oxygen atoms in total. The van der Waals surface area contributed by atoms with Gasteiger partial charge in [-0.25, -0.2) is 0 Å². The summed E-state index contributed by atoms with van der Waals surface area (Å²) in [6, 6.07) is 10.3. The van der Waals surface area contributed by atoms with Crippen LogP contribution in [0.4, 0.5) is 0 Å². The molecule has 0 aliphatic carbocycles. The van der Waals surface area contributed by atoms with E-state index in [4.69, 9.17) is 0 Å². The van der Waals surface area contributed by atoms with Crippen molar-refractivity contribution in [2.24, 2.45) is 11.8 Å². The van der Waals surface area contributed by atoms with Crippen LogP contribution in [-0.4, -0.2) is 28.5 Å². The van der Waals surface area contributed by atoms with Crippen molar-refractivity contribution in [1.82, 2.24) is 9.47 Å². The second-order valence-corrected chi connectivity index (χ2v) is 6.25. The Bertz CT molecular complexity index is 606. The van der Waals surface area contributed by atoms with Gasteiger partial charge in [0.05, 0.1) is 0 Å². The predicted octanol–water partition coefficient (Wildman–Crippen LogP) is 3.15. The van der Waals surface area contributed by atoms with Gasteiger partial charge in [0.1, 0.15) is 6.54 Å². The highest BCUT2D eigenvalue weighted by molar-refractivity contribution is 5.83. The molecule has 2 unspecified atom stereocenters. The monoisotopic (exact) mass is 270 g/mol. The van der Waals surface area contributed by atoms with Gasteiger partial charge < -0.3 is 9.47 Å². The SMILES string of the molecule is CC1CC(C)CN(C(=O)Cn2ccc3ccccc32)C1. The predicted molar refractivity (Wildman–Crippen MR) is 81.5 cm³/mol. The number of carbonyl (C=O) groups is 1. The minimum absolute atomic E-state index is 0.241.